The largest absolute Gasteiger partial charge is 0.416 e. The number of benzene rings is 2. The van der Waals surface area contributed by atoms with E-state index in [4.69, 9.17) is 0 Å². The highest BCUT2D eigenvalue weighted by Crippen LogP contribution is 2.34. The molecule has 1 fully saturated rings. The van der Waals surface area contributed by atoms with Crippen molar-refractivity contribution in [3.8, 4) is 11.3 Å². The third-order valence-corrected chi connectivity index (χ3v) is 6.78. The Balaban J connectivity index is 1.36. The molecule has 1 saturated heterocycles. The fraction of sp³-hybridized carbons (Fsp3) is 0.333. The van der Waals surface area contributed by atoms with Crippen molar-refractivity contribution in [2.45, 2.75) is 19.5 Å². The fourth-order valence-corrected chi connectivity index (χ4v) is 4.94. The quantitative estimate of drug-likeness (QED) is 0.463. The number of H-pyrrole nitrogens is 1. The molecule has 164 valence electrons. The SMILES string of the molecule is Cc1[nH]c(-c2ccccc2)c(Br)c1CCN1CCN(c2cccc(C(F)(F)F)c2)CC1. The molecule has 2 heterocycles. The second-order valence-electron chi connectivity index (χ2n) is 7.91. The number of alkyl halides is 3. The van der Waals surface area contributed by atoms with Crippen LogP contribution < -0.4 is 4.90 Å². The Morgan fingerprint density at radius 1 is 0.968 bits per heavy atom. The molecule has 3 aromatic rings. The zero-order valence-electron chi connectivity index (χ0n) is 17.3. The van der Waals surface area contributed by atoms with Crippen LogP contribution in [0.2, 0.25) is 0 Å². The number of halogens is 4. The van der Waals surface area contributed by atoms with E-state index in [1.165, 1.54) is 17.7 Å². The first-order chi connectivity index (χ1) is 14.8. The zero-order chi connectivity index (χ0) is 22.0. The van der Waals surface area contributed by atoms with Crippen LogP contribution in [0, 0.1) is 6.92 Å². The van der Waals surface area contributed by atoms with Crippen LogP contribution in [0.4, 0.5) is 18.9 Å². The maximum Gasteiger partial charge on any atom is 0.416 e. The molecule has 0 aliphatic carbocycles. The highest BCUT2D eigenvalue weighted by Gasteiger charge is 2.31. The van der Waals surface area contributed by atoms with Gasteiger partial charge in [0.25, 0.3) is 0 Å². The van der Waals surface area contributed by atoms with Crippen molar-refractivity contribution in [3.05, 3.63) is 75.9 Å². The van der Waals surface area contributed by atoms with Gasteiger partial charge in [-0.15, -0.1) is 0 Å². The highest BCUT2D eigenvalue weighted by atomic mass is 79.9. The monoisotopic (exact) mass is 491 g/mol. The molecule has 31 heavy (non-hydrogen) atoms. The molecule has 0 bridgehead atoms. The number of piperazine rings is 1. The van der Waals surface area contributed by atoms with Crippen LogP contribution in [0.25, 0.3) is 11.3 Å². The Morgan fingerprint density at radius 3 is 2.35 bits per heavy atom. The Morgan fingerprint density at radius 2 is 1.68 bits per heavy atom. The topological polar surface area (TPSA) is 22.3 Å². The summed E-state index contributed by atoms with van der Waals surface area (Å²) in [4.78, 5) is 7.92. The van der Waals surface area contributed by atoms with Crippen LogP contribution in [-0.2, 0) is 12.6 Å². The van der Waals surface area contributed by atoms with E-state index < -0.39 is 11.7 Å². The number of hydrogen-bond acceptors (Lipinski definition) is 2. The van der Waals surface area contributed by atoms with Crippen LogP contribution in [0.1, 0.15) is 16.8 Å². The van der Waals surface area contributed by atoms with Gasteiger partial charge in [-0.3, -0.25) is 4.90 Å². The van der Waals surface area contributed by atoms with Crippen LogP contribution in [0.5, 0.6) is 0 Å². The van der Waals surface area contributed by atoms with Crippen LogP contribution in [0.3, 0.4) is 0 Å². The molecule has 0 saturated carbocycles. The lowest BCUT2D eigenvalue weighted by molar-refractivity contribution is -0.137. The predicted molar refractivity (Wildman–Crippen MR) is 122 cm³/mol. The van der Waals surface area contributed by atoms with Gasteiger partial charge in [-0.25, -0.2) is 0 Å². The van der Waals surface area contributed by atoms with Crippen molar-refractivity contribution in [3.63, 3.8) is 0 Å². The maximum absolute atomic E-state index is 13.0. The summed E-state index contributed by atoms with van der Waals surface area (Å²) in [5.41, 5.74) is 4.74. The maximum atomic E-state index is 13.0. The fourth-order valence-electron chi connectivity index (χ4n) is 4.11. The van der Waals surface area contributed by atoms with E-state index in [1.54, 1.807) is 6.07 Å². The van der Waals surface area contributed by atoms with Crippen molar-refractivity contribution in [2.75, 3.05) is 37.6 Å². The number of anilines is 1. The Bertz CT molecular complexity index is 1020. The second kappa shape index (κ2) is 9.09. The normalized spacial score (nSPS) is 15.5. The minimum atomic E-state index is -4.31. The predicted octanol–water partition coefficient (Wildman–Crippen LogP) is 6.14. The molecule has 4 rings (SSSR count). The molecule has 0 unspecified atom stereocenters. The third-order valence-electron chi connectivity index (χ3n) is 5.90. The third kappa shape index (κ3) is 4.99. The molecule has 1 N–H and O–H groups in total. The molecule has 1 aliphatic rings. The molecule has 0 radical (unpaired) electrons. The first-order valence-electron chi connectivity index (χ1n) is 10.4. The number of aromatic nitrogens is 1. The summed E-state index contributed by atoms with van der Waals surface area (Å²) in [6.45, 7) is 6.14. The van der Waals surface area contributed by atoms with Gasteiger partial charge in [0, 0.05) is 48.6 Å². The van der Waals surface area contributed by atoms with E-state index in [1.807, 2.05) is 23.1 Å². The lowest BCUT2D eigenvalue weighted by Gasteiger charge is -2.36. The van der Waals surface area contributed by atoms with E-state index in [0.717, 1.165) is 66.6 Å². The molecule has 3 nitrogen and oxygen atoms in total. The van der Waals surface area contributed by atoms with Gasteiger partial charge in [-0.05, 0) is 58.6 Å². The van der Waals surface area contributed by atoms with Gasteiger partial charge in [-0.2, -0.15) is 13.2 Å². The van der Waals surface area contributed by atoms with Crippen LogP contribution in [-0.4, -0.2) is 42.6 Å². The minimum absolute atomic E-state index is 0.588. The van der Waals surface area contributed by atoms with Gasteiger partial charge >= 0.3 is 6.18 Å². The summed E-state index contributed by atoms with van der Waals surface area (Å²) >= 11 is 3.78. The lowest BCUT2D eigenvalue weighted by Crippen LogP contribution is -2.47. The molecule has 0 amide bonds. The number of nitrogens with one attached hydrogen (secondary N) is 1. The van der Waals surface area contributed by atoms with Crippen molar-refractivity contribution < 1.29 is 13.2 Å². The van der Waals surface area contributed by atoms with Crippen molar-refractivity contribution in [1.29, 1.82) is 0 Å². The van der Waals surface area contributed by atoms with Gasteiger partial charge < -0.3 is 9.88 Å². The number of hydrogen-bond donors (Lipinski definition) is 1. The summed E-state index contributed by atoms with van der Waals surface area (Å²) < 4.78 is 40.1. The van der Waals surface area contributed by atoms with E-state index >= 15 is 0 Å². The first kappa shape index (κ1) is 22.0. The molecular formula is C24H25BrF3N3. The zero-order valence-corrected chi connectivity index (χ0v) is 18.9. The smallest absolute Gasteiger partial charge is 0.369 e. The summed E-state index contributed by atoms with van der Waals surface area (Å²) in [7, 11) is 0. The summed E-state index contributed by atoms with van der Waals surface area (Å²) in [5, 5.41) is 0. The molecule has 1 aromatic heterocycles. The van der Waals surface area contributed by atoms with E-state index in [9.17, 15) is 13.2 Å². The number of aryl methyl sites for hydroxylation is 1. The minimum Gasteiger partial charge on any atom is -0.369 e. The van der Waals surface area contributed by atoms with Crippen molar-refractivity contribution in [1.82, 2.24) is 9.88 Å². The summed E-state index contributed by atoms with van der Waals surface area (Å²) in [5.74, 6) is 0. The van der Waals surface area contributed by atoms with Gasteiger partial charge in [0.1, 0.15) is 0 Å². The highest BCUT2D eigenvalue weighted by molar-refractivity contribution is 9.10. The van der Waals surface area contributed by atoms with Gasteiger partial charge in [-0.1, -0.05) is 36.4 Å². The van der Waals surface area contributed by atoms with Gasteiger partial charge in [0.15, 0.2) is 0 Å². The van der Waals surface area contributed by atoms with Gasteiger partial charge in [0.05, 0.1) is 11.3 Å². The molecule has 0 spiro atoms. The average molecular weight is 492 g/mol. The standard InChI is InChI=1S/C24H25BrF3N3/c1-17-21(22(25)23(29-17)18-6-3-2-4-7-18)10-11-30-12-14-31(15-13-30)20-9-5-8-19(16-20)24(26,27)28/h2-9,16,29H,10-15H2,1H3. The molecule has 7 heteroatoms. The number of nitrogens with zero attached hydrogens (tertiary/aromatic N) is 2. The average Bonchev–Trinajstić information content (AvgIpc) is 3.06. The number of aromatic amines is 1. The van der Waals surface area contributed by atoms with Crippen LogP contribution in [0.15, 0.2) is 59.1 Å². The van der Waals surface area contributed by atoms with E-state index in [-0.39, 0.29) is 0 Å². The summed E-state index contributed by atoms with van der Waals surface area (Å²) in [6, 6.07) is 15.9. The van der Waals surface area contributed by atoms with E-state index in [0.29, 0.717) is 5.69 Å². The lowest BCUT2D eigenvalue weighted by atomic mass is 10.1. The molecular weight excluding hydrogens is 467 g/mol. The Kier molecular flexibility index (Phi) is 6.44. The summed E-state index contributed by atoms with van der Waals surface area (Å²) in [6.07, 6.45) is -3.39. The molecule has 2 aromatic carbocycles. The first-order valence-corrected chi connectivity index (χ1v) is 11.2. The van der Waals surface area contributed by atoms with Gasteiger partial charge in [0.2, 0.25) is 0 Å². The van der Waals surface area contributed by atoms with Crippen molar-refractivity contribution >= 4 is 21.6 Å². The van der Waals surface area contributed by atoms with E-state index in [2.05, 4.69) is 44.9 Å². The second-order valence-corrected chi connectivity index (χ2v) is 8.70. The van der Waals surface area contributed by atoms with Crippen molar-refractivity contribution in [2.24, 2.45) is 0 Å². The Hall–Kier alpha value is -2.25. The van der Waals surface area contributed by atoms with Crippen LogP contribution >= 0.6 is 15.9 Å². The Labute approximate surface area is 189 Å². The molecule has 0 atom stereocenters. The number of rotatable bonds is 5. The molecule has 1 aliphatic heterocycles.